The van der Waals surface area contributed by atoms with Crippen molar-refractivity contribution in [3.05, 3.63) is 64.4 Å². The second-order valence-electron chi connectivity index (χ2n) is 7.12. The molecule has 0 bridgehead atoms. The Hall–Kier alpha value is -2.44. The first-order valence-corrected chi connectivity index (χ1v) is 9.75. The van der Waals surface area contributed by atoms with E-state index in [0.717, 1.165) is 24.7 Å². The van der Waals surface area contributed by atoms with Crippen LogP contribution in [-0.4, -0.2) is 60.9 Å². The quantitative estimate of drug-likeness (QED) is 0.794. The van der Waals surface area contributed by atoms with E-state index in [2.05, 4.69) is 11.0 Å². The Morgan fingerprint density at radius 1 is 1.00 bits per heavy atom. The van der Waals surface area contributed by atoms with Gasteiger partial charge in [0.2, 0.25) is 5.91 Å². The maximum absolute atomic E-state index is 13.2. The van der Waals surface area contributed by atoms with E-state index in [4.69, 9.17) is 11.6 Å². The topological polar surface area (TPSA) is 43.9 Å². The Balaban J connectivity index is 1.33. The Kier molecular flexibility index (Phi) is 5.33. The summed E-state index contributed by atoms with van der Waals surface area (Å²) in [5.41, 5.74) is 2.52. The monoisotopic (exact) mass is 401 g/mol. The van der Waals surface area contributed by atoms with Gasteiger partial charge in [0.25, 0.3) is 5.91 Å². The third-order valence-electron chi connectivity index (χ3n) is 5.37. The zero-order chi connectivity index (χ0) is 19.7. The first-order chi connectivity index (χ1) is 13.5. The van der Waals surface area contributed by atoms with E-state index in [1.807, 2.05) is 23.1 Å². The molecule has 2 aliphatic heterocycles. The number of para-hydroxylation sites is 1. The van der Waals surface area contributed by atoms with Crippen molar-refractivity contribution in [3.8, 4) is 0 Å². The van der Waals surface area contributed by atoms with Gasteiger partial charge < -0.3 is 9.80 Å². The molecule has 5 nitrogen and oxygen atoms in total. The molecule has 2 aromatic carbocycles. The summed E-state index contributed by atoms with van der Waals surface area (Å²) in [5, 5.41) is 0.121. The Bertz CT molecular complexity index is 912. The van der Waals surface area contributed by atoms with Crippen molar-refractivity contribution in [1.82, 2.24) is 9.80 Å². The van der Waals surface area contributed by atoms with Crippen LogP contribution in [-0.2, 0) is 11.2 Å². The van der Waals surface area contributed by atoms with Crippen molar-refractivity contribution in [3.63, 3.8) is 0 Å². The molecule has 0 unspecified atom stereocenters. The molecule has 0 atom stereocenters. The zero-order valence-corrected chi connectivity index (χ0v) is 16.2. The van der Waals surface area contributed by atoms with Gasteiger partial charge in [-0.25, -0.2) is 4.39 Å². The molecule has 1 saturated heterocycles. The van der Waals surface area contributed by atoms with E-state index in [0.29, 0.717) is 38.3 Å². The Morgan fingerprint density at radius 3 is 2.50 bits per heavy atom. The SMILES string of the molecule is O=C(c1ccc(F)cc1Cl)N1CCN(CC(=O)N2CCc3ccccc32)CC1. The maximum atomic E-state index is 13.2. The van der Waals surface area contributed by atoms with E-state index in [1.54, 1.807) is 4.90 Å². The molecule has 28 heavy (non-hydrogen) atoms. The number of piperazine rings is 1. The van der Waals surface area contributed by atoms with Crippen LogP contribution in [0.3, 0.4) is 0 Å². The summed E-state index contributed by atoms with van der Waals surface area (Å²) in [6.45, 7) is 3.32. The van der Waals surface area contributed by atoms with E-state index < -0.39 is 5.82 Å². The van der Waals surface area contributed by atoms with Crippen LogP contribution in [0.25, 0.3) is 0 Å². The molecule has 0 radical (unpaired) electrons. The number of amides is 2. The predicted molar refractivity (Wildman–Crippen MR) is 106 cm³/mol. The lowest BCUT2D eigenvalue weighted by molar-refractivity contribution is -0.120. The number of carbonyl (C=O) groups is 2. The van der Waals surface area contributed by atoms with Crippen LogP contribution < -0.4 is 4.90 Å². The van der Waals surface area contributed by atoms with E-state index in [1.165, 1.54) is 17.7 Å². The van der Waals surface area contributed by atoms with Gasteiger partial charge in [-0.05, 0) is 36.2 Å². The minimum absolute atomic E-state index is 0.0892. The molecule has 2 aliphatic rings. The van der Waals surface area contributed by atoms with Crippen molar-refractivity contribution in [2.75, 3.05) is 44.2 Å². The lowest BCUT2D eigenvalue weighted by Gasteiger charge is -2.35. The molecule has 146 valence electrons. The van der Waals surface area contributed by atoms with Gasteiger partial charge in [-0.3, -0.25) is 14.5 Å². The number of hydrogen-bond acceptors (Lipinski definition) is 3. The number of halogens is 2. The van der Waals surface area contributed by atoms with Gasteiger partial charge >= 0.3 is 0 Å². The average Bonchev–Trinajstić information content (AvgIpc) is 3.12. The summed E-state index contributed by atoms with van der Waals surface area (Å²) in [6, 6.07) is 11.8. The highest BCUT2D eigenvalue weighted by molar-refractivity contribution is 6.33. The maximum Gasteiger partial charge on any atom is 0.255 e. The van der Waals surface area contributed by atoms with Crippen molar-refractivity contribution in [1.29, 1.82) is 0 Å². The van der Waals surface area contributed by atoms with Crippen LogP contribution >= 0.6 is 11.6 Å². The van der Waals surface area contributed by atoms with Gasteiger partial charge in [-0.1, -0.05) is 29.8 Å². The smallest absolute Gasteiger partial charge is 0.255 e. The van der Waals surface area contributed by atoms with Crippen LogP contribution in [0.2, 0.25) is 5.02 Å². The minimum Gasteiger partial charge on any atom is -0.336 e. The second kappa shape index (κ2) is 7.89. The molecule has 0 spiro atoms. The Morgan fingerprint density at radius 2 is 1.75 bits per heavy atom. The van der Waals surface area contributed by atoms with Crippen LogP contribution in [0.15, 0.2) is 42.5 Å². The van der Waals surface area contributed by atoms with Crippen molar-refractivity contribution >= 4 is 29.1 Å². The first kappa shape index (κ1) is 18.9. The van der Waals surface area contributed by atoms with Gasteiger partial charge in [0, 0.05) is 38.4 Å². The summed E-state index contributed by atoms with van der Waals surface area (Å²) < 4.78 is 13.2. The van der Waals surface area contributed by atoms with Crippen molar-refractivity contribution in [2.24, 2.45) is 0 Å². The number of nitrogens with zero attached hydrogens (tertiary/aromatic N) is 3. The number of anilines is 1. The van der Waals surface area contributed by atoms with Gasteiger partial charge in [0.05, 0.1) is 17.1 Å². The molecule has 0 aliphatic carbocycles. The minimum atomic E-state index is -0.464. The fourth-order valence-corrected chi connectivity index (χ4v) is 4.06. The number of carbonyl (C=O) groups excluding carboxylic acids is 2. The second-order valence-corrected chi connectivity index (χ2v) is 7.52. The molecule has 2 aromatic rings. The number of hydrogen-bond donors (Lipinski definition) is 0. The molecule has 4 rings (SSSR count). The fourth-order valence-electron chi connectivity index (χ4n) is 3.82. The standard InChI is InChI=1S/C21H21ClFN3O2/c22-18-13-16(23)5-6-17(18)21(28)25-11-9-24(10-12-25)14-20(27)26-8-7-15-3-1-2-4-19(15)26/h1-6,13H,7-12,14H2. The largest absolute Gasteiger partial charge is 0.336 e. The molecular formula is C21H21ClFN3O2. The highest BCUT2D eigenvalue weighted by Gasteiger charge is 2.28. The van der Waals surface area contributed by atoms with Gasteiger partial charge in [0.1, 0.15) is 5.82 Å². The van der Waals surface area contributed by atoms with Crippen LogP contribution in [0.1, 0.15) is 15.9 Å². The van der Waals surface area contributed by atoms with Gasteiger partial charge in [0.15, 0.2) is 0 Å². The summed E-state index contributed by atoms with van der Waals surface area (Å²) >= 11 is 6.01. The number of fused-ring (bicyclic) bond motifs is 1. The molecule has 0 saturated carbocycles. The average molecular weight is 402 g/mol. The predicted octanol–water partition coefficient (Wildman–Crippen LogP) is 2.83. The Labute approximate surface area is 168 Å². The molecule has 2 amide bonds. The number of rotatable bonds is 3. The van der Waals surface area contributed by atoms with Crippen LogP contribution in [0, 0.1) is 5.82 Å². The molecule has 0 N–H and O–H groups in total. The highest BCUT2D eigenvalue weighted by Crippen LogP contribution is 2.27. The van der Waals surface area contributed by atoms with E-state index >= 15 is 0 Å². The molecule has 7 heteroatoms. The highest BCUT2D eigenvalue weighted by atomic mass is 35.5. The van der Waals surface area contributed by atoms with Crippen molar-refractivity contribution < 1.29 is 14.0 Å². The molecule has 1 fully saturated rings. The zero-order valence-electron chi connectivity index (χ0n) is 15.4. The summed E-state index contributed by atoms with van der Waals surface area (Å²) in [6.07, 6.45) is 0.891. The number of benzene rings is 2. The van der Waals surface area contributed by atoms with Crippen LogP contribution in [0.4, 0.5) is 10.1 Å². The third kappa shape index (κ3) is 3.75. The normalized spacial score (nSPS) is 16.9. The van der Waals surface area contributed by atoms with Gasteiger partial charge in [-0.2, -0.15) is 0 Å². The summed E-state index contributed by atoms with van der Waals surface area (Å²) in [7, 11) is 0. The van der Waals surface area contributed by atoms with Crippen molar-refractivity contribution in [2.45, 2.75) is 6.42 Å². The van der Waals surface area contributed by atoms with E-state index in [-0.39, 0.29) is 16.8 Å². The first-order valence-electron chi connectivity index (χ1n) is 9.38. The summed E-state index contributed by atoms with van der Waals surface area (Å²) in [5.74, 6) is -0.580. The molecule has 0 aromatic heterocycles. The molecular weight excluding hydrogens is 381 g/mol. The third-order valence-corrected chi connectivity index (χ3v) is 5.68. The fraction of sp³-hybridized carbons (Fsp3) is 0.333. The van der Waals surface area contributed by atoms with Crippen LogP contribution in [0.5, 0.6) is 0 Å². The lowest BCUT2D eigenvalue weighted by Crippen LogP contribution is -2.51. The van der Waals surface area contributed by atoms with E-state index in [9.17, 15) is 14.0 Å². The van der Waals surface area contributed by atoms with Gasteiger partial charge in [-0.15, -0.1) is 0 Å². The molecule has 2 heterocycles. The lowest BCUT2D eigenvalue weighted by atomic mass is 10.1. The summed E-state index contributed by atoms with van der Waals surface area (Å²) in [4.78, 5) is 31.0.